The second-order valence-electron chi connectivity index (χ2n) is 3.77. The molecule has 0 bridgehead atoms. The smallest absolute Gasteiger partial charge is 0.221 e. The van der Waals surface area contributed by atoms with Gasteiger partial charge in [0.05, 0.1) is 19.9 Å². The van der Waals surface area contributed by atoms with Gasteiger partial charge in [0.2, 0.25) is 5.88 Å². The van der Waals surface area contributed by atoms with Crippen molar-refractivity contribution in [2.45, 2.75) is 6.92 Å². The predicted octanol–water partition coefficient (Wildman–Crippen LogP) is 2.05. The molecule has 2 heterocycles. The summed E-state index contributed by atoms with van der Waals surface area (Å²) in [4.78, 5) is 8.41. The fourth-order valence-electron chi connectivity index (χ4n) is 1.79. The molecule has 18 heavy (non-hydrogen) atoms. The zero-order valence-electron chi connectivity index (χ0n) is 10.6. The number of rotatable bonds is 3. The topological polar surface area (TPSA) is 70.3 Å². The van der Waals surface area contributed by atoms with Gasteiger partial charge in [0, 0.05) is 17.3 Å². The number of nitrogens with two attached hydrogens (primary N) is 1. The quantitative estimate of drug-likeness (QED) is 0.896. The maximum absolute atomic E-state index is 5.95. The van der Waals surface area contributed by atoms with Crippen molar-refractivity contribution in [1.29, 1.82) is 0 Å². The summed E-state index contributed by atoms with van der Waals surface area (Å²) in [5.74, 6) is 1.63. The molecule has 0 radical (unpaired) electrons. The van der Waals surface area contributed by atoms with E-state index in [2.05, 4.69) is 9.97 Å². The second-order valence-corrected chi connectivity index (χ2v) is 3.77. The summed E-state index contributed by atoms with van der Waals surface area (Å²) in [6.45, 7) is 1.85. The van der Waals surface area contributed by atoms with Gasteiger partial charge in [-0.15, -0.1) is 0 Å². The van der Waals surface area contributed by atoms with Crippen LogP contribution in [0.25, 0.3) is 11.1 Å². The van der Waals surface area contributed by atoms with E-state index in [4.69, 9.17) is 15.2 Å². The number of methoxy groups -OCH3 is 2. The molecule has 0 saturated heterocycles. The van der Waals surface area contributed by atoms with Crippen molar-refractivity contribution in [2.75, 3.05) is 20.0 Å². The normalized spacial score (nSPS) is 10.2. The zero-order chi connectivity index (χ0) is 13.1. The number of pyridine rings is 2. The van der Waals surface area contributed by atoms with Crippen molar-refractivity contribution in [1.82, 2.24) is 9.97 Å². The van der Waals surface area contributed by atoms with Crippen molar-refractivity contribution in [3.8, 4) is 22.8 Å². The lowest BCUT2D eigenvalue weighted by Gasteiger charge is -2.12. The molecule has 5 nitrogen and oxygen atoms in total. The maximum Gasteiger partial charge on any atom is 0.221 e. The molecular formula is C13H15N3O2. The van der Waals surface area contributed by atoms with Gasteiger partial charge in [-0.1, -0.05) is 0 Å². The molecule has 0 amide bonds. The first-order valence-corrected chi connectivity index (χ1v) is 5.48. The minimum atomic E-state index is 0.430. The second kappa shape index (κ2) is 4.91. The molecule has 2 rings (SSSR count). The van der Waals surface area contributed by atoms with Crippen LogP contribution in [0.4, 0.5) is 5.82 Å². The molecule has 0 aliphatic heterocycles. The Morgan fingerprint density at radius 1 is 1.17 bits per heavy atom. The van der Waals surface area contributed by atoms with Crippen LogP contribution in [0.5, 0.6) is 11.6 Å². The fourth-order valence-corrected chi connectivity index (χ4v) is 1.79. The molecule has 2 aromatic rings. The minimum absolute atomic E-state index is 0.430. The van der Waals surface area contributed by atoms with Gasteiger partial charge in [0.25, 0.3) is 0 Å². The molecule has 0 aliphatic carbocycles. The fraction of sp³-hybridized carbons (Fsp3) is 0.231. The van der Waals surface area contributed by atoms with Gasteiger partial charge in [0.1, 0.15) is 11.6 Å². The van der Waals surface area contributed by atoms with Crippen molar-refractivity contribution < 1.29 is 9.47 Å². The van der Waals surface area contributed by atoms with Crippen LogP contribution < -0.4 is 15.2 Å². The van der Waals surface area contributed by atoms with Gasteiger partial charge in [-0.05, 0) is 25.1 Å². The van der Waals surface area contributed by atoms with E-state index in [9.17, 15) is 0 Å². The Hall–Kier alpha value is -2.30. The summed E-state index contributed by atoms with van der Waals surface area (Å²) in [6, 6.07) is 5.55. The zero-order valence-corrected chi connectivity index (χ0v) is 10.6. The van der Waals surface area contributed by atoms with Crippen molar-refractivity contribution in [3.63, 3.8) is 0 Å². The van der Waals surface area contributed by atoms with Crippen LogP contribution in [0.3, 0.4) is 0 Å². The van der Waals surface area contributed by atoms with Gasteiger partial charge >= 0.3 is 0 Å². The lowest BCUT2D eigenvalue weighted by atomic mass is 10.1. The first-order chi connectivity index (χ1) is 8.67. The molecular weight excluding hydrogens is 230 g/mol. The van der Waals surface area contributed by atoms with E-state index in [1.165, 1.54) is 0 Å². The summed E-state index contributed by atoms with van der Waals surface area (Å²) in [7, 11) is 3.17. The highest BCUT2D eigenvalue weighted by Crippen LogP contribution is 2.34. The Morgan fingerprint density at radius 3 is 2.61 bits per heavy atom. The highest BCUT2D eigenvalue weighted by molar-refractivity contribution is 5.78. The molecule has 0 fully saturated rings. The Bertz CT molecular complexity index is 570. The summed E-state index contributed by atoms with van der Waals surface area (Å²) < 4.78 is 10.5. The SMILES string of the molecule is COc1cc(-c2cccnc2OC)c(N)nc1C. The third-order valence-electron chi connectivity index (χ3n) is 2.67. The van der Waals surface area contributed by atoms with E-state index in [1.54, 1.807) is 20.4 Å². The van der Waals surface area contributed by atoms with E-state index in [0.717, 1.165) is 16.8 Å². The van der Waals surface area contributed by atoms with Gasteiger partial charge in [-0.2, -0.15) is 0 Å². The van der Waals surface area contributed by atoms with Gasteiger partial charge in [-0.25, -0.2) is 9.97 Å². The minimum Gasteiger partial charge on any atom is -0.495 e. The molecule has 0 unspecified atom stereocenters. The van der Waals surface area contributed by atoms with E-state index in [1.807, 2.05) is 25.1 Å². The van der Waals surface area contributed by atoms with Crippen molar-refractivity contribution in [2.24, 2.45) is 0 Å². The molecule has 0 aromatic carbocycles. The average molecular weight is 245 g/mol. The number of aryl methyl sites for hydroxylation is 1. The van der Waals surface area contributed by atoms with Crippen molar-refractivity contribution in [3.05, 3.63) is 30.1 Å². The molecule has 0 aliphatic rings. The summed E-state index contributed by atoms with van der Waals surface area (Å²) in [6.07, 6.45) is 1.66. The largest absolute Gasteiger partial charge is 0.495 e. The molecule has 2 N–H and O–H groups in total. The number of nitrogen functional groups attached to an aromatic ring is 1. The predicted molar refractivity (Wildman–Crippen MR) is 69.7 cm³/mol. The van der Waals surface area contributed by atoms with Crippen LogP contribution in [-0.2, 0) is 0 Å². The molecule has 94 valence electrons. The molecule has 5 heteroatoms. The molecule has 0 saturated carbocycles. The maximum atomic E-state index is 5.95. The van der Waals surface area contributed by atoms with Gasteiger partial charge in [0.15, 0.2) is 0 Å². The highest BCUT2D eigenvalue weighted by Gasteiger charge is 2.13. The lowest BCUT2D eigenvalue weighted by Crippen LogP contribution is -2.00. The van der Waals surface area contributed by atoms with E-state index < -0.39 is 0 Å². The van der Waals surface area contributed by atoms with Crippen LogP contribution in [0, 0.1) is 6.92 Å². The first kappa shape index (κ1) is 12.2. The average Bonchev–Trinajstić information content (AvgIpc) is 2.39. The number of hydrogen-bond donors (Lipinski definition) is 1. The Balaban J connectivity index is 2.63. The van der Waals surface area contributed by atoms with E-state index >= 15 is 0 Å². The Kier molecular flexibility index (Phi) is 3.32. The number of nitrogens with zero attached hydrogens (tertiary/aromatic N) is 2. The van der Waals surface area contributed by atoms with Gasteiger partial charge in [-0.3, -0.25) is 0 Å². The van der Waals surface area contributed by atoms with E-state index in [0.29, 0.717) is 17.4 Å². The number of anilines is 1. The summed E-state index contributed by atoms with van der Waals surface area (Å²) in [5.41, 5.74) is 8.25. The van der Waals surface area contributed by atoms with E-state index in [-0.39, 0.29) is 0 Å². The van der Waals surface area contributed by atoms with Crippen molar-refractivity contribution >= 4 is 5.82 Å². The van der Waals surface area contributed by atoms with Crippen LogP contribution in [-0.4, -0.2) is 24.2 Å². The third kappa shape index (κ3) is 2.07. The standard InChI is InChI=1S/C13H15N3O2/c1-8-11(17-2)7-10(12(14)16-8)9-5-4-6-15-13(9)18-3/h4-7H,1-3H3,(H2,14,16). The Morgan fingerprint density at radius 2 is 1.94 bits per heavy atom. The Labute approximate surface area is 106 Å². The monoisotopic (exact) mass is 245 g/mol. The summed E-state index contributed by atoms with van der Waals surface area (Å²) >= 11 is 0. The lowest BCUT2D eigenvalue weighted by molar-refractivity contribution is 0.399. The molecule has 0 atom stereocenters. The number of aromatic nitrogens is 2. The van der Waals surface area contributed by atoms with Crippen LogP contribution in [0.1, 0.15) is 5.69 Å². The first-order valence-electron chi connectivity index (χ1n) is 5.48. The highest BCUT2D eigenvalue weighted by atomic mass is 16.5. The molecule has 0 spiro atoms. The van der Waals surface area contributed by atoms with Crippen LogP contribution in [0.15, 0.2) is 24.4 Å². The number of hydrogen-bond acceptors (Lipinski definition) is 5. The van der Waals surface area contributed by atoms with Crippen LogP contribution >= 0.6 is 0 Å². The molecule has 2 aromatic heterocycles. The van der Waals surface area contributed by atoms with Crippen LogP contribution in [0.2, 0.25) is 0 Å². The summed E-state index contributed by atoms with van der Waals surface area (Å²) in [5, 5.41) is 0. The van der Waals surface area contributed by atoms with Gasteiger partial charge < -0.3 is 15.2 Å². The number of ether oxygens (including phenoxy) is 2. The third-order valence-corrected chi connectivity index (χ3v) is 2.67.